The van der Waals surface area contributed by atoms with Crippen LogP contribution in [0, 0.1) is 6.92 Å². The molecule has 0 spiro atoms. The molecule has 17 heavy (non-hydrogen) atoms. The topological polar surface area (TPSA) is 69.6 Å². The maximum Gasteiger partial charge on any atom is 0.255 e. The zero-order chi connectivity index (χ0) is 12.5. The van der Waals surface area contributed by atoms with Crippen molar-refractivity contribution < 1.29 is 15.0 Å². The molecular weight excluding hydrogens is 218 g/mol. The predicted molar refractivity (Wildman–Crippen MR) is 64.0 cm³/mol. The zero-order valence-electron chi connectivity index (χ0n) is 9.86. The monoisotopic (exact) mass is 235 g/mol. The Labute approximate surface area is 100 Å². The van der Waals surface area contributed by atoms with Crippen molar-refractivity contribution in [2.24, 2.45) is 0 Å². The lowest BCUT2D eigenvalue weighted by atomic mass is 9.77. The van der Waals surface area contributed by atoms with Gasteiger partial charge in [-0.25, -0.2) is 0 Å². The molecule has 0 unspecified atom stereocenters. The average Bonchev–Trinajstić information content (AvgIpc) is 2.27. The first-order chi connectivity index (χ1) is 8.08. The third kappa shape index (κ3) is 2.13. The zero-order valence-corrected chi connectivity index (χ0v) is 9.86. The fourth-order valence-electron chi connectivity index (χ4n) is 2.08. The summed E-state index contributed by atoms with van der Waals surface area (Å²) in [4.78, 5) is 12.0. The van der Waals surface area contributed by atoms with E-state index in [1.54, 1.807) is 25.1 Å². The molecule has 1 saturated carbocycles. The first-order valence-electron chi connectivity index (χ1n) is 5.80. The lowest BCUT2D eigenvalue weighted by Gasteiger charge is -2.41. The van der Waals surface area contributed by atoms with E-state index in [4.69, 9.17) is 0 Å². The highest BCUT2D eigenvalue weighted by Gasteiger charge is 2.38. The van der Waals surface area contributed by atoms with Gasteiger partial charge in [0.2, 0.25) is 0 Å². The summed E-state index contributed by atoms with van der Waals surface area (Å²) in [5, 5.41) is 21.9. The van der Waals surface area contributed by atoms with Gasteiger partial charge < -0.3 is 15.5 Å². The number of hydrogen-bond donors (Lipinski definition) is 3. The van der Waals surface area contributed by atoms with Gasteiger partial charge in [0.15, 0.2) is 0 Å². The number of para-hydroxylation sites is 1. The summed E-state index contributed by atoms with van der Waals surface area (Å²) in [5.41, 5.74) is 0.460. The van der Waals surface area contributed by atoms with Crippen LogP contribution in [0.2, 0.25) is 0 Å². The maximum absolute atomic E-state index is 12.0. The lowest BCUT2D eigenvalue weighted by Crippen LogP contribution is -2.56. The van der Waals surface area contributed by atoms with Gasteiger partial charge in [0.25, 0.3) is 5.91 Å². The summed E-state index contributed by atoms with van der Waals surface area (Å²) in [6, 6.07) is 5.06. The number of hydrogen-bond acceptors (Lipinski definition) is 3. The van der Waals surface area contributed by atoms with Crippen LogP contribution < -0.4 is 5.32 Å². The molecule has 1 amide bonds. The minimum absolute atomic E-state index is 0.0115. The normalized spacial score (nSPS) is 17.3. The molecule has 3 N–H and O–H groups in total. The number of benzene rings is 1. The summed E-state index contributed by atoms with van der Waals surface area (Å²) in [5.74, 6) is -0.308. The number of amides is 1. The maximum atomic E-state index is 12.0. The standard InChI is InChI=1S/C13H17NO3/c1-9-4-2-5-10(11(9)16)12(17)14-13(8-15)6-3-7-13/h2,4-5,15-16H,3,6-8H2,1H3,(H,14,17). The summed E-state index contributed by atoms with van der Waals surface area (Å²) >= 11 is 0. The molecule has 0 atom stereocenters. The summed E-state index contributed by atoms with van der Waals surface area (Å²) < 4.78 is 0. The van der Waals surface area contributed by atoms with E-state index >= 15 is 0 Å². The molecule has 1 aromatic rings. The molecule has 0 bridgehead atoms. The SMILES string of the molecule is Cc1cccc(C(=O)NC2(CO)CCC2)c1O. The van der Waals surface area contributed by atoms with Crippen molar-refractivity contribution in [3.8, 4) is 5.75 Å². The Hall–Kier alpha value is -1.55. The van der Waals surface area contributed by atoms with Gasteiger partial charge in [-0.1, -0.05) is 12.1 Å². The Morgan fingerprint density at radius 1 is 1.47 bits per heavy atom. The molecule has 0 saturated heterocycles. The molecule has 1 aromatic carbocycles. The Morgan fingerprint density at radius 2 is 2.18 bits per heavy atom. The average molecular weight is 235 g/mol. The summed E-state index contributed by atoms with van der Waals surface area (Å²) in [6.45, 7) is 1.70. The van der Waals surface area contributed by atoms with E-state index in [-0.39, 0.29) is 23.8 Å². The molecule has 0 heterocycles. The van der Waals surface area contributed by atoms with Crippen LogP contribution in [-0.2, 0) is 0 Å². The van der Waals surface area contributed by atoms with Crippen molar-refractivity contribution in [3.05, 3.63) is 29.3 Å². The van der Waals surface area contributed by atoms with Crippen molar-refractivity contribution in [1.82, 2.24) is 5.32 Å². The highest BCUT2D eigenvalue weighted by molar-refractivity contribution is 5.97. The number of phenolic OH excluding ortho intramolecular Hbond substituents is 1. The van der Waals surface area contributed by atoms with Crippen molar-refractivity contribution >= 4 is 5.91 Å². The van der Waals surface area contributed by atoms with Crippen molar-refractivity contribution in [2.45, 2.75) is 31.7 Å². The first kappa shape index (κ1) is 11.9. The summed E-state index contributed by atoms with van der Waals surface area (Å²) in [6.07, 6.45) is 2.60. The van der Waals surface area contributed by atoms with Crippen LogP contribution in [-0.4, -0.2) is 28.3 Å². The highest BCUT2D eigenvalue weighted by atomic mass is 16.3. The molecule has 0 aromatic heterocycles. The van der Waals surface area contributed by atoms with E-state index in [0.717, 1.165) is 19.3 Å². The van der Waals surface area contributed by atoms with Gasteiger partial charge in [-0.15, -0.1) is 0 Å². The second-order valence-electron chi connectivity index (χ2n) is 4.72. The van der Waals surface area contributed by atoms with Crippen LogP contribution in [0.5, 0.6) is 5.75 Å². The molecule has 4 nitrogen and oxygen atoms in total. The van der Waals surface area contributed by atoms with Crippen molar-refractivity contribution in [3.63, 3.8) is 0 Å². The third-order valence-corrected chi connectivity index (χ3v) is 3.47. The number of aryl methyl sites for hydroxylation is 1. The second kappa shape index (κ2) is 4.37. The van der Waals surface area contributed by atoms with Gasteiger partial charge in [-0.3, -0.25) is 4.79 Å². The van der Waals surface area contributed by atoms with E-state index in [0.29, 0.717) is 5.56 Å². The minimum Gasteiger partial charge on any atom is -0.507 e. The number of rotatable bonds is 3. The van der Waals surface area contributed by atoms with Gasteiger partial charge in [-0.05, 0) is 37.8 Å². The van der Waals surface area contributed by atoms with E-state index in [1.807, 2.05) is 0 Å². The van der Waals surface area contributed by atoms with Crippen molar-refractivity contribution in [2.75, 3.05) is 6.61 Å². The Balaban J connectivity index is 2.17. The number of aliphatic hydroxyl groups excluding tert-OH is 1. The van der Waals surface area contributed by atoms with Crippen molar-refractivity contribution in [1.29, 1.82) is 0 Å². The number of phenols is 1. The highest BCUT2D eigenvalue weighted by Crippen LogP contribution is 2.32. The number of aromatic hydroxyl groups is 1. The van der Waals surface area contributed by atoms with Gasteiger partial charge in [0, 0.05) is 0 Å². The van der Waals surface area contributed by atoms with Gasteiger partial charge >= 0.3 is 0 Å². The molecule has 1 aliphatic rings. The minimum atomic E-state index is -0.479. The molecule has 1 fully saturated rings. The third-order valence-electron chi connectivity index (χ3n) is 3.47. The smallest absolute Gasteiger partial charge is 0.255 e. The Bertz CT molecular complexity index is 433. The van der Waals surface area contributed by atoms with Crippen LogP contribution in [0.4, 0.5) is 0 Å². The van der Waals surface area contributed by atoms with E-state index < -0.39 is 5.54 Å². The van der Waals surface area contributed by atoms with Gasteiger partial charge in [0.05, 0.1) is 17.7 Å². The van der Waals surface area contributed by atoms with E-state index in [9.17, 15) is 15.0 Å². The molecule has 0 aliphatic heterocycles. The second-order valence-corrected chi connectivity index (χ2v) is 4.72. The number of nitrogens with one attached hydrogen (secondary N) is 1. The fraction of sp³-hybridized carbons (Fsp3) is 0.462. The fourth-order valence-corrected chi connectivity index (χ4v) is 2.08. The van der Waals surface area contributed by atoms with Crippen LogP contribution >= 0.6 is 0 Å². The molecule has 92 valence electrons. The number of aliphatic hydroxyl groups is 1. The quantitative estimate of drug-likeness (QED) is 0.740. The van der Waals surface area contributed by atoms with Crippen LogP contribution in [0.3, 0.4) is 0 Å². The predicted octanol–water partition coefficient (Wildman–Crippen LogP) is 1.35. The lowest BCUT2D eigenvalue weighted by molar-refractivity contribution is 0.0639. The van der Waals surface area contributed by atoms with Gasteiger partial charge in [0.1, 0.15) is 5.75 Å². The Kier molecular flexibility index (Phi) is 3.07. The largest absolute Gasteiger partial charge is 0.507 e. The molecule has 1 aliphatic carbocycles. The van der Waals surface area contributed by atoms with Gasteiger partial charge in [-0.2, -0.15) is 0 Å². The Morgan fingerprint density at radius 3 is 2.71 bits per heavy atom. The number of carbonyl (C=O) groups is 1. The molecule has 2 rings (SSSR count). The van der Waals surface area contributed by atoms with Crippen LogP contribution in [0.1, 0.15) is 35.2 Å². The first-order valence-corrected chi connectivity index (χ1v) is 5.80. The number of carbonyl (C=O) groups excluding carboxylic acids is 1. The van der Waals surface area contributed by atoms with E-state index in [1.165, 1.54) is 0 Å². The molecule has 0 radical (unpaired) electrons. The molecular formula is C13H17NO3. The summed E-state index contributed by atoms with van der Waals surface area (Å²) in [7, 11) is 0. The van der Waals surface area contributed by atoms with Crippen LogP contribution in [0.15, 0.2) is 18.2 Å². The van der Waals surface area contributed by atoms with Crippen LogP contribution in [0.25, 0.3) is 0 Å². The van der Waals surface area contributed by atoms with E-state index in [2.05, 4.69) is 5.32 Å². The molecule has 4 heteroatoms.